The fourth-order valence-corrected chi connectivity index (χ4v) is 3.18. The molecule has 2 heterocycles. The molecule has 0 amide bonds. The molecule has 7 nitrogen and oxygen atoms in total. The van der Waals surface area contributed by atoms with Crippen LogP contribution in [0.4, 0.5) is 5.82 Å². The number of methoxy groups -OCH3 is 2. The average molecular weight is 410 g/mol. The molecule has 148 valence electrons. The first-order valence-electron chi connectivity index (χ1n) is 9.04. The van der Waals surface area contributed by atoms with Crippen LogP contribution < -0.4 is 14.8 Å². The van der Waals surface area contributed by atoms with Gasteiger partial charge in [-0.1, -0.05) is 24.3 Å². The summed E-state index contributed by atoms with van der Waals surface area (Å²) in [7, 11) is 3.30. The maximum absolute atomic E-state index is 6.18. The molecule has 0 saturated carbocycles. The van der Waals surface area contributed by atoms with Crippen LogP contribution in [0, 0.1) is 0 Å². The van der Waals surface area contributed by atoms with Crippen LogP contribution in [0.15, 0.2) is 54.9 Å². The maximum atomic E-state index is 6.18. The summed E-state index contributed by atoms with van der Waals surface area (Å²) >= 11 is 6.18. The average Bonchev–Trinajstić information content (AvgIpc) is 3.15. The minimum atomic E-state index is 0.172. The van der Waals surface area contributed by atoms with E-state index >= 15 is 0 Å². The molecule has 0 aliphatic carbocycles. The second-order valence-electron chi connectivity index (χ2n) is 6.44. The summed E-state index contributed by atoms with van der Waals surface area (Å²) < 4.78 is 12.3. The zero-order valence-electron chi connectivity index (χ0n) is 16.1. The molecule has 0 unspecified atom stereocenters. The van der Waals surface area contributed by atoms with Crippen molar-refractivity contribution in [3.8, 4) is 11.5 Å². The van der Waals surface area contributed by atoms with Crippen LogP contribution in [-0.2, 0) is 13.1 Å². The highest BCUT2D eigenvalue weighted by Gasteiger charge is 2.13. The molecule has 2 aromatic heterocycles. The number of ether oxygens (including phenoxy) is 2. The molecule has 29 heavy (non-hydrogen) atoms. The van der Waals surface area contributed by atoms with Crippen molar-refractivity contribution in [2.45, 2.75) is 13.1 Å². The molecule has 0 bridgehead atoms. The highest BCUT2D eigenvalue weighted by atomic mass is 35.5. The third kappa shape index (κ3) is 4.25. The van der Waals surface area contributed by atoms with Gasteiger partial charge in [0, 0.05) is 6.54 Å². The van der Waals surface area contributed by atoms with Crippen LogP contribution >= 0.6 is 11.6 Å². The Kier molecular flexibility index (Phi) is 5.48. The van der Waals surface area contributed by atoms with E-state index in [0.717, 1.165) is 22.6 Å². The lowest BCUT2D eigenvalue weighted by atomic mass is 10.2. The van der Waals surface area contributed by atoms with Gasteiger partial charge in [0.25, 0.3) is 0 Å². The van der Waals surface area contributed by atoms with E-state index in [0.29, 0.717) is 30.1 Å². The number of fused-ring (bicyclic) bond motifs is 1. The molecule has 1 N–H and O–H groups in total. The first kappa shape index (κ1) is 19.0. The fourth-order valence-electron chi connectivity index (χ4n) is 3.01. The van der Waals surface area contributed by atoms with Crippen LogP contribution in [0.5, 0.6) is 11.5 Å². The fraction of sp³-hybridized carbons (Fsp3) is 0.190. The van der Waals surface area contributed by atoms with Crippen molar-refractivity contribution in [2.24, 2.45) is 0 Å². The van der Waals surface area contributed by atoms with Gasteiger partial charge < -0.3 is 19.4 Å². The lowest BCUT2D eigenvalue weighted by molar-refractivity contribution is 0.414. The minimum absolute atomic E-state index is 0.172. The van der Waals surface area contributed by atoms with Gasteiger partial charge in [0.05, 0.1) is 27.1 Å². The Morgan fingerprint density at radius 1 is 0.897 bits per heavy atom. The summed E-state index contributed by atoms with van der Waals surface area (Å²) in [4.78, 5) is 13.2. The molecule has 0 spiro atoms. The molecule has 0 fully saturated rings. The first-order chi connectivity index (χ1) is 14.2. The lowest BCUT2D eigenvalue weighted by Crippen LogP contribution is -2.05. The number of hydrogen-bond acceptors (Lipinski definition) is 6. The number of imidazole rings is 1. The number of benzene rings is 2. The molecular formula is C21H20ClN5O2. The summed E-state index contributed by atoms with van der Waals surface area (Å²) in [5.74, 6) is 2.24. The smallest absolute Gasteiger partial charge is 0.226 e. The Hall–Kier alpha value is -3.32. The third-order valence-corrected chi connectivity index (χ3v) is 4.74. The van der Waals surface area contributed by atoms with Crippen LogP contribution in [0.25, 0.3) is 11.2 Å². The number of nitrogens with zero attached hydrogens (tertiary/aromatic N) is 4. The van der Waals surface area contributed by atoms with Crippen molar-refractivity contribution in [3.05, 3.63) is 71.3 Å². The second-order valence-corrected chi connectivity index (χ2v) is 6.77. The third-order valence-electron chi connectivity index (χ3n) is 4.57. The summed E-state index contributed by atoms with van der Waals surface area (Å²) in [6.07, 6.45) is 1.75. The monoisotopic (exact) mass is 409 g/mol. The Morgan fingerprint density at radius 2 is 1.52 bits per heavy atom. The molecule has 0 atom stereocenters. The summed E-state index contributed by atoms with van der Waals surface area (Å²) in [5.41, 5.74) is 3.55. The van der Waals surface area contributed by atoms with Gasteiger partial charge in [0.2, 0.25) is 5.28 Å². The van der Waals surface area contributed by atoms with Gasteiger partial charge in [-0.05, 0) is 47.0 Å². The number of nitrogens with one attached hydrogen (secondary N) is 1. The van der Waals surface area contributed by atoms with Crippen molar-refractivity contribution in [2.75, 3.05) is 19.5 Å². The van der Waals surface area contributed by atoms with Gasteiger partial charge in [-0.3, -0.25) is 0 Å². The number of halogens is 1. The zero-order chi connectivity index (χ0) is 20.2. The van der Waals surface area contributed by atoms with Gasteiger partial charge in [-0.15, -0.1) is 0 Å². The highest BCUT2D eigenvalue weighted by Crippen LogP contribution is 2.23. The summed E-state index contributed by atoms with van der Waals surface area (Å²) in [6.45, 7) is 1.20. The molecule has 0 saturated heterocycles. The second kappa shape index (κ2) is 8.36. The van der Waals surface area contributed by atoms with Crippen LogP contribution in [-0.4, -0.2) is 33.7 Å². The predicted molar refractivity (Wildman–Crippen MR) is 113 cm³/mol. The normalized spacial score (nSPS) is 10.9. The highest BCUT2D eigenvalue weighted by molar-refractivity contribution is 6.28. The van der Waals surface area contributed by atoms with Gasteiger partial charge in [-0.2, -0.15) is 9.97 Å². The largest absolute Gasteiger partial charge is 0.497 e. The van der Waals surface area contributed by atoms with E-state index in [9.17, 15) is 0 Å². The van der Waals surface area contributed by atoms with E-state index in [1.54, 1.807) is 20.5 Å². The van der Waals surface area contributed by atoms with Crippen molar-refractivity contribution < 1.29 is 9.47 Å². The van der Waals surface area contributed by atoms with Crippen molar-refractivity contribution >= 4 is 28.6 Å². The van der Waals surface area contributed by atoms with E-state index in [1.807, 2.05) is 53.1 Å². The van der Waals surface area contributed by atoms with E-state index in [2.05, 4.69) is 20.3 Å². The first-order valence-corrected chi connectivity index (χ1v) is 9.42. The van der Waals surface area contributed by atoms with Crippen molar-refractivity contribution in [1.29, 1.82) is 0 Å². The molecule has 2 aromatic carbocycles. The molecule has 0 aliphatic rings. The van der Waals surface area contributed by atoms with E-state index in [4.69, 9.17) is 21.1 Å². The van der Waals surface area contributed by atoms with Gasteiger partial charge in [0.15, 0.2) is 17.0 Å². The topological polar surface area (TPSA) is 74.1 Å². The number of rotatable bonds is 7. The summed E-state index contributed by atoms with van der Waals surface area (Å²) in [6, 6.07) is 15.7. The van der Waals surface area contributed by atoms with E-state index < -0.39 is 0 Å². The predicted octanol–water partition coefficient (Wildman–Crippen LogP) is 4.16. The molecule has 4 aromatic rings. The Balaban J connectivity index is 1.56. The SMILES string of the molecule is COc1ccc(CNc2nc(Cl)nc3c2ncn3Cc2ccc(OC)cc2)cc1. The summed E-state index contributed by atoms with van der Waals surface area (Å²) in [5, 5.41) is 3.48. The van der Waals surface area contributed by atoms with Crippen LogP contribution in [0.3, 0.4) is 0 Å². The molecular weight excluding hydrogens is 390 g/mol. The zero-order valence-corrected chi connectivity index (χ0v) is 16.8. The van der Waals surface area contributed by atoms with Crippen molar-refractivity contribution in [3.63, 3.8) is 0 Å². The standard InChI is InChI=1S/C21H20ClN5O2/c1-28-16-7-3-14(4-8-16)11-23-19-18-20(26-21(22)25-19)27(13-24-18)12-15-5-9-17(29-2)10-6-15/h3-10,13H,11-12H2,1-2H3,(H,23,25,26). The lowest BCUT2D eigenvalue weighted by Gasteiger charge is -2.09. The Bertz CT molecular complexity index is 1110. The molecule has 0 aliphatic heterocycles. The molecule has 8 heteroatoms. The maximum Gasteiger partial charge on any atom is 0.226 e. The number of hydrogen-bond donors (Lipinski definition) is 1. The number of aromatic nitrogens is 4. The van der Waals surface area contributed by atoms with Gasteiger partial charge in [-0.25, -0.2) is 4.98 Å². The molecule has 0 radical (unpaired) electrons. The van der Waals surface area contributed by atoms with E-state index in [-0.39, 0.29) is 5.28 Å². The Morgan fingerprint density at radius 3 is 2.14 bits per heavy atom. The Labute approximate surface area is 173 Å². The molecule has 4 rings (SSSR count). The van der Waals surface area contributed by atoms with Crippen LogP contribution in [0.1, 0.15) is 11.1 Å². The van der Waals surface area contributed by atoms with E-state index in [1.165, 1.54) is 0 Å². The minimum Gasteiger partial charge on any atom is -0.497 e. The number of anilines is 1. The van der Waals surface area contributed by atoms with Crippen molar-refractivity contribution in [1.82, 2.24) is 19.5 Å². The van der Waals surface area contributed by atoms with Gasteiger partial charge in [0.1, 0.15) is 11.5 Å². The van der Waals surface area contributed by atoms with Gasteiger partial charge >= 0.3 is 0 Å². The van der Waals surface area contributed by atoms with Crippen LogP contribution in [0.2, 0.25) is 5.28 Å². The quantitative estimate of drug-likeness (QED) is 0.462.